The maximum Gasteiger partial charge on any atom is 0.339 e. The molecule has 34 heavy (non-hydrogen) atoms. The van der Waals surface area contributed by atoms with Crippen LogP contribution in [0.3, 0.4) is 0 Å². The average Bonchev–Trinajstić information content (AvgIpc) is 2.82. The first-order chi connectivity index (χ1) is 16.2. The largest absolute Gasteiger partial charge is 0.458 e. The molecule has 1 saturated carbocycles. The summed E-state index contributed by atoms with van der Waals surface area (Å²) in [6.07, 6.45) is 2.66. The number of carbonyl (C=O) groups excluding carboxylic acids is 3. The molecule has 1 aliphatic rings. The van der Waals surface area contributed by atoms with E-state index in [9.17, 15) is 24.5 Å². The highest BCUT2D eigenvalue weighted by Crippen LogP contribution is 2.35. The number of Topliss-reactive ketones (excluding diaryl/α,β-unsaturated/α-hetero) is 1. The Morgan fingerprint density at radius 1 is 1.00 bits per heavy atom. The number of rotatable bonds is 8. The van der Waals surface area contributed by atoms with Crippen molar-refractivity contribution >= 4 is 23.4 Å². The summed E-state index contributed by atoms with van der Waals surface area (Å²) in [5.74, 6) is -0.827. The van der Waals surface area contributed by atoms with Crippen LogP contribution in [0.1, 0.15) is 71.1 Å². The van der Waals surface area contributed by atoms with Crippen molar-refractivity contribution in [3.8, 4) is 0 Å². The van der Waals surface area contributed by atoms with Gasteiger partial charge < -0.3 is 9.47 Å². The van der Waals surface area contributed by atoms with Crippen molar-refractivity contribution < 1.29 is 28.8 Å². The molecule has 1 aliphatic carbocycles. The van der Waals surface area contributed by atoms with Crippen molar-refractivity contribution in [2.75, 3.05) is 6.61 Å². The number of ether oxygens (including phenoxy) is 2. The fraction of sp³-hybridized carbons (Fsp3) is 0.423. The second kappa shape index (κ2) is 11.0. The molecule has 0 spiro atoms. The molecule has 0 heterocycles. The maximum atomic E-state index is 13.0. The van der Waals surface area contributed by atoms with Crippen LogP contribution >= 0.6 is 0 Å². The number of hydrogen-bond acceptors (Lipinski definition) is 7. The molecular weight excluding hydrogens is 438 g/mol. The lowest BCUT2D eigenvalue weighted by molar-refractivity contribution is -0.384. The van der Waals surface area contributed by atoms with Gasteiger partial charge in [-0.25, -0.2) is 9.59 Å². The fourth-order valence-electron chi connectivity index (χ4n) is 4.35. The van der Waals surface area contributed by atoms with E-state index in [1.54, 1.807) is 12.1 Å². The van der Waals surface area contributed by atoms with Gasteiger partial charge in [-0.1, -0.05) is 39.3 Å². The highest BCUT2D eigenvalue weighted by atomic mass is 16.6. The predicted molar refractivity (Wildman–Crippen MR) is 125 cm³/mol. The lowest BCUT2D eigenvalue weighted by atomic mass is 9.75. The van der Waals surface area contributed by atoms with Gasteiger partial charge in [0, 0.05) is 17.7 Å². The first kappa shape index (κ1) is 25.1. The van der Waals surface area contributed by atoms with E-state index >= 15 is 0 Å². The van der Waals surface area contributed by atoms with E-state index in [0.29, 0.717) is 11.8 Å². The quantitative estimate of drug-likeness (QED) is 0.225. The fourth-order valence-corrected chi connectivity index (χ4v) is 4.35. The van der Waals surface area contributed by atoms with Gasteiger partial charge in [0.2, 0.25) is 0 Å². The minimum Gasteiger partial charge on any atom is -0.458 e. The molecular formula is C26H29NO7. The van der Waals surface area contributed by atoms with Crippen LogP contribution in [-0.2, 0) is 9.47 Å². The molecule has 1 fully saturated rings. The number of nitro benzene ring substituents is 1. The van der Waals surface area contributed by atoms with Crippen LogP contribution in [0.15, 0.2) is 48.5 Å². The van der Waals surface area contributed by atoms with Gasteiger partial charge in [0.15, 0.2) is 12.4 Å². The number of carbonyl (C=O) groups is 3. The van der Waals surface area contributed by atoms with Crippen LogP contribution < -0.4 is 0 Å². The van der Waals surface area contributed by atoms with E-state index in [1.165, 1.54) is 36.4 Å². The summed E-state index contributed by atoms with van der Waals surface area (Å²) in [7, 11) is 0. The summed E-state index contributed by atoms with van der Waals surface area (Å²) >= 11 is 0. The van der Waals surface area contributed by atoms with Crippen molar-refractivity contribution in [1.29, 1.82) is 0 Å². The Balaban J connectivity index is 1.67. The van der Waals surface area contributed by atoms with Gasteiger partial charge in [-0.05, 0) is 54.9 Å². The van der Waals surface area contributed by atoms with Crippen LogP contribution in [0.5, 0.6) is 0 Å². The maximum absolute atomic E-state index is 13.0. The normalized spacial score (nSPS) is 19.9. The molecule has 0 radical (unpaired) electrons. The third-order valence-corrected chi connectivity index (χ3v) is 6.32. The lowest BCUT2D eigenvalue weighted by Crippen LogP contribution is -2.36. The van der Waals surface area contributed by atoms with Crippen molar-refractivity contribution in [2.45, 2.75) is 46.1 Å². The van der Waals surface area contributed by atoms with Gasteiger partial charge in [-0.15, -0.1) is 0 Å². The van der Waals surface area contributed by atoms with Gasteiger partial charge in [0.05, 0.1) is 16.1 Å². The predicted octanol–water partition coefficient (Wildman–Crippen LogP) is 5.25. The number of non-ortho nitro benzene ring substituents is 1. The Kier molecular flexibility index (Phi) is 8.15. The zero-order valence-electron chi connectivity index (χ0n) is 19.6. The third kappa shape index (κ3) is 6.07. The summed E-state index contributed by atoms with van der Waals surface area (Å²) in [5.41, 5.74) is 0.148. The summed E-state index contributed by atoms with van der Waals surface area (Å²) in [6.45, 7) is 5.82. The first-order valence-electron chi connectivity index (χ1n) is 11.4. The Morgan fingerprint density at radius 3 is 2.21 bits per heavy atom. The van der Waals surface area contributed by atoms with Gasteiger partial charge in [0.25, 0.3) is 5.69 Å². The molecule has 0 aliphatic heterocycles. The number of benzene rings is 2. The molecule has 0 N–H and O–H groups in total. The number of nitrogens with zero attached hydrogens (tertiary/aromatic N) is 1. The summed E-state index contributed by atoms with van der Waals surface area (Å²) in [4.78, 5) is 48.2. The van der Waals surface area contributed by atoms with Gasteiger partial charge >= 0.3 is 11.9 Å². The Labute approximate surface area is 198 Å². The second-order valence-corrected chi connectivity index (χ2v) is 9.12. The zero-order chi connectivity index (χ0) is 24.8. The minimum absolute atomic E-state index is 0.0222. The molecule has 0 aromatic heterocycles. The van der Waals surface area contributed by atoms with Crippen LogP contribution in [0.25, 0.3) is 0 Å². The molecule has 0 amide bonds. The van der Waals surface area contributed by atoms with Crippen LogP contribution in [-0.4, -0.2) is 35.4 Å². The third-order valence-electron chi connectivity index (χ3n) is 6.32. The zero-order valence-corrected chi connectivity index (χ0v) is 19.6. The standard InChI is InChI=1S/C26H29NO7/c1-16(2)20-13-8-17(3)14-24(20)34-26(30)22-7-5-4-6-21(22)25(29)33-15-23(28)18-9-11-19(12-10-18)27(31)32/h4-7,9-12,16-17,20,24H,8,13-15H2,1-3H3/t17-,20-,24-/m0/s1. The van der Waals surface area contributed by atoms with E-state index in [1.807, 2.05) is 0 Å². The SMILES string of the molecule is CC(C)[C@@H]1CC[C@H](C)C[C@@H]1OC(=O)c1ccccc1C(=O)OCC(=O)c1ccc([N+](=O)[O-])cc1. The van der Waals surface area contributed by atoms with E-state index in [0.717, 1.165) is 19.3 Å². The number of ketones is 1. The van der Waals surface area contributed by atoms with Gasteiger partial charge in [-0.2, -0.15) is 0 Å². The summed E-state index contributed by atoms with van der Waals surface area (Å²) in [6, 6.07) is 11.2. The first-order valence-corrected chi connectivity index (χ1v) is 11.4. The Bertz CT molecular complexity index is 1060. The van der Waals surface area contributed by atoms with E-state index in [-0.39, 0.29) is 34.4 Å². The smallest absolute Gasteiger partial charge is 0.339 e. The molecule has 8 nitrogen and oxygen atoms in total. The Morgan fingerprint density at radius 2 is 1.62 bits per heavy atom. The van der Waals surface area contributed by atoms with Crippen molar-refractivity contribution in [2.24, 2.45) is 17.8 Å². The summed E-state index contributed by atoms with van der Waals surface area (Å²) < 4.78 is 11.0. The van der Waals surface area contributed by atoms with Crippen molar-refractivity contribution in [3.63, 3.8) is 0 Å². The molecule has 180 valence electrons. The molecule has 3 rings (SSSR count). The summed E-state index contributed by atoms with van der Waals surface area (Å²) in [5, 5.41) is 10.7. The monoisotopic (exact) mass is 467 g/mol. The highest BCUT2D eigenvalue weighted by Gasteiger charge is 2.34. The molecule has 8 heteroatoms. The number of esters is 2. The van der Waals surface area contributed by atoms with Crippen LogP contribution in [0, 0.1) is 27.9 Å². The van der Waals surface area contributed by atoms with E-state index < -0.39 is 29.3 Å². The molecule has 0 bridgehead atoms. The average molecular weight is 468 g/mol. The van der Waals surface area contributed by atoms with E-state index in [4.69, 9.17) is 9.47 Å². The van der Waals surface area contributed by atoms with Crippen LogP contribution in [0.4, 0.5) is 5.69 Å². The number of hydrogen-bond donors (Lipinski definition) is 0. The molecule has 2 aromatic carbocycles. The molecule has 2 aromatic rings. The molecule has 3 atom stereocenters. The van der Waals surface area contributed by atoms with Gasteiger partial charge in [0.1, 0.15) is 6.10 Å². The lowest BCUT2D eigenvalue weighted by Gasteiger charge is -2.36. The highest BCUT2D eigenvalue weighted by molar-refractivity contribution is 6.04. The van der Waals surface area contributed by atoms with E-state index in [2.05, 4.69) is 20.8 Å². The minimum atomic E-state index is -0.819. The van der Waals surface area contributed by atoms with Crippen molar-refractivity contribution in [1.82, 2.24) is 0 Å². The molecule has 0 saturated heterocycles. The Hall–Kier alpha value is -3.55. The molecule has 0 unspecified atom stereocenters. The second-order valence-electron chi connectivity index (χ2n) is 9.12. The van der Waals surface area contributed by atoms with Gasteiger partial charge in [-0.3, -0.25) is 14.9 Å². The van der Waals surface area contributed by atoms with Crippen LogP contribution in [0.2, 0.25) is 0 Å². The number of nitro groups is 1. The topological polar surface area (TPSA) is 113 Å². The van der Waals surface area contributed by atoms with Crippen molar-refractivity contribution in [3.05, 3.63) is 75.3 Å².